The van der Waals surface area contributed by atoms with E-state index in [4.69, 9.17) is 4.52 Å². The average Bonchev–Trinajstić information content (AvgIpc) is 2.49. The van der Waals surface area contributed by atoms with Crippen LogP contribution in [0, 0.1) is 19.8 Å². The van der Waals surface area contributed by atoms with Gasteiger partial charge in [0, 0.05) is 12.1 Å². The first-order chi connectivity index (χ1) is 7.15. The summed E-state index contributed by atoms with van der Waals surface area (Å²) in [5.41, 5.74) is 2.21. The van der Waals surface area contributed by atoms with E-state index in [9.17, 15) is 0 Å². The van der Waals surface area contributed by atoms with Crippen molar-refractivity contribution in [2.24, 2.45) is 5.92 Å². The van der Waals surface area contributed by atoms with Gasteiger partial charge in [-0.3, -0.25) is 0 Å². The van der Waals surface area contributed by atoms with Crippen LogP contribution in [0.15, 0.2) is 4.52 Å². The third-order valence-electron chi connectivity index (χ3n) is 2.76. The third kappa shape index (κ3) is 3.67. The predicted octanol–water partition coefficient (Wildman–Crippen LogP) is 2.82. The van der Waals surface area contributed by atoms with Gasteiger partial charge < -0.3 is 9.84 Å². The molecule has 0 saturated heterocycles. The molecule has 1 atom stereocenters. The molecule has 0 aliphatic carbocycles. The number of nitrogens with zero attached hydrogens (tertiary/aromatic N) is 1. The fourth-order valence-corrected chi connectivity index (χ4v) is 1.79. The smallest absolute Gasteiger partial charge is 0.138 e. The minimum atomic E-state index is 0.746. The molecular formula is C12H22N2O. The molecule has 86 valence electrons. The molecule has 1 rings (SSSR count). The zero-order valence-corrected chi connectivity index (χ0v) is 10.3. The molecule has 1 N–H and O–H groups in total. The summed E-state index contributed by atoms with van der Waals surface area (Å²) in [6, 6.07) is 0. The molecule has 0 aliphatic heterocycles. The molecule has 1 heterocycles. The molecule has 1 aromatic rings. The molecular weight excluding hydrogens is 188 g/mol. The van der Waals surface area contributed by atoms with Gasteiger partial charge in [-0.15, -0.1) is 0 Å². The van der Waals surface area contributed by atoms with Crippen LogP contribution < -0.4 is 5.32 Å². The highest BCUT2D eigenvalue weighted by atomic mass is 16.5. The minimum absolute atomic E-state index is 0.746. The number of aryl methyl sites for hydroxylation is 2. The quantitative estimate of drug-likeness (QED) is 0.784. The molecule has 0 aliphatic rings. The average molecular weight is 210 g/mol. The van der Waals surface area contributed by atoms with E-state index in [2.05, 4.69) is 24.3 Å². The van der Waals surface area contributed by atoms with Crippen LogP contribution in [0.5, 0.6) is 0 Å². The number of aromatic nitrogens is 1. The lowest BCUT2D eigenvalue weighted by Crippen LogP contribution is -2.21. The van der Waals surface area contributed by atoms with Gasteiger partial charge >= 0.3 is 0 Å². The summed E-state index contributed by atoms with van der Waals surface area (Å²) in [4.78, 5) is 0. The largest absolute Gasteiger partial charge is 0.361 e. The van der Waals surface area contributed by atoms with Gasteiger partial charge in [-0.1, -0.05) is 25.4 Å². The molecule has 0 fully saturated rings. The lowest BCUT2D eigenvalue weighted by molar-refractivity contribution is 0.391. The summed E-state index contributed by atoms with van der Waals surface area (Å²) in [5.74, 6) is 1.68. The van der Waals surface area contributed by atoms with Gasteiger partial charge in [0.05, 0.1) is 5.69 Å². The van der Waals surface area contributed by atoms with Gasteiger partial charge in [0.15, 0.2) is 0 Å². The second-order valence-corrected chi connectivity index (χ2v) is 4.33. The Hall–Kier alpha value is -0.830. The summed E-state index contributed by atoms with van der Waals surface area (Å²) in [6.07, 6.45) is 2.54. The number of rotatable bonds is 6. The Morgan fingerprint density at radius 2 is 2.13 bits per heavy atom. The number of hydrogen-bond donors (Lipinski definition) is 1. The highest BCUT2D eigenvalue weighted by molar-refractivity contribution is 5.20. The van der Waals surface area contributed by atoms with Crippen LogP contribution in [0.4, 0.5) is 0 Å². The normalized spacial score (nSPS) is 13.1. The Labute approximate surface area is 92.2 Å². The first-order valence-corrected chi connectivity index (χ1v) is 5.77. The first kappa shape index (κ1) is 12.2. The molecule has 0 spiro atoms. The van der Waals surface area contributed by atoms with E-state index < -0.39 is 0 Å². The molecule has 1 aromatic heterocycles. The van der Waals surface area contributed by atoms with Crippen molar-refractivity contribution in [2.75, 3.05) is 6.54 Å². The Balaban J connectivity index is 2.31. The zero-order chi connectivity index (χ0) is 11.3. The Morgan fingerprint density at radius 3 is 2.67 bits per heavy atom. The molecule has 0 saturated carbocycles. The maximum Gasteiger partial charge on any atom is 0.138 e. The summed E-state index contributed by atoms with van der Waals surface area (Å²) in [5, 5.41) is 7.39. The van der Waals surface area contributed by atoms with E-state index >= 15 is 0 Å². The monoisotopic (exact) mass is 210 g/mol. The van der Waals surface area contributed by atoms with E-state index in [0.29, 0.717) is 0 Å². The Morgan fingerprint density at radius 1 is 1.40 bits per heavy atom. The Kier molecular flexibility index (Phi) is 4.82. The summed E-state index contributed by atoms with van der Waals surface area (Å²) in [6.45, 7) is 10.4. The highest BCUT2D eigenvalue weighted by Crippen LogP contribution is 2.11. The van der Waals surface area contributed by atoms with Crippen molar-refractivity contribution in [3.05, 3.63) is 17.0 Å². The lowest BCUT2D eigenvalue weighted by atomic mass is 10.1. The molecule has 0 bridgehead atoms. The number of nitrogens with one attached hydrogen (secondary N) is 1. The van der Waals surface area contributed by atoms with Crippen molar-refractivity contribution < 1.29 is 4.52 Å². The molecule has 3 heteroatoms. The first-order valence-electron chi connectivity index (χ1n) is 5.77. The predicted molar refractivity (Wildman–Crippen MR) is 61.8 cm³/mol. The van der Waals surface area contributed by atoms with E-state index in [1.807, 2.05) is 13.8 Å². The SMILES string of the molecule is CCCC(C)CNCc1c(C)noc1C. The van der Waals surface area contributed by atoms with Gasteiger partial charge in [-0.2, -0.15) is 0 Å². The topological polar surface area (TPSA) is 38.1 Å². The van der Waals surface area contributed by atoms with Crippen molar-refractivity contribution in [2.45, 2.75) is 47.1 Å². The molecule has 3 nitrogen and oxygen atoms in total. The van der Waals surface area contributed by atoms with Gasteiger partial charge in [-0.25, -0.2) is 0 Å². The van der Waals surface area contributed by atoms with Crippen molar-refractivity contribution in [1.29, 1.82) is 0 Å². The Bertz CT molecular complexity index is 274. The van der Waals surface area contributed by atoms with Crippen LogP contribution in [0.1, 0.15) is 43.7 Å². The maximum atomic E-state index is 5.11. The van der Waals surface area contributed by atoms with Crippen molar-refractivity contribution in [1.82, 2.24) is 10.5 Å². The van der Waals surface area contributed by atoms with Gasteiger partial charge in [0.1, 0.15) is 5.76 Å². The fraction of sp³-hybridized carbons (Fsp3) is 0.750. The van der Waals surface area contributed by atoms with E-state index in [-0.39, 0.29) is 0 Å². The van der Waals surface area contributed by atoms with E-state index in [1.54, 1.807) is 0 Å². The summed E-state index contributed by atoms with van der Waals surface area (Å²) in [7, 11) is 0. The van der Waals surface area contributed by atoms with Crippen LogP contribution in [-0.2, 0) is 6.54 Å². The molecule has 15 heavy (non-hydrogen) atoms. The second-order valence-electron chi connectivity index (χ2n) is 4.33. The standard InChI is InChI=1S/C12H22N2O/c1-5-6-9(2)7-13-8-12-10(3)14-15-11(12)4/h9,13H,5-8H2,1-4H3. The van der Waals surface area contributed by atoms with Crippen LogP contribution >= 0.6 is 0 Å². The molecule has 1 unspecified atom stereocenters. The van der Waals surface area contributed by atoms with Crippen molar-refractivity contribution in [3.63, 3.8) is 0 Å². The molecule has 0 amide bonds. The summed E-state index contributed by atoms with van der Waals surface area (Å²) >= 11 is 0. The van der Waals surface area contributed by atoms with Crippen molar-refractivity contribution in [3.8, 4) is 0 Å². The van der Waals surface area contributed by atoms with E-state index in [0.717, 1.165) is 30.5 Å². The zero-order valence-electron chi connectivity index (χ0n) is 10.3. The number of hydrogen-bond acceptors (Lipinski definition) is 3. The maximum absolute atomic E-state index is 5.11. The second kappa shape index (κ2) is 5.91. The van der Waals surface area contributed by atoms with Gasteiger partial charge in [0.2, 0.25) is 0 Å². The van der Waals surface area contributed by atoms with Crippen LogP contribution in [0.2, 0.25) is 0 Å². The minimum Gasteiger partial charge on any atom is -0.361 e. The van der Waals surface area contributed by atoms with Gasteiger partial charge in [0.25, 0.3) is 0 Å². The highest BCUT2D eigenvalue weighted by Gasteiger charge is 2.08. The van der Waals surface area contributed by atoms with Crippen LogP contribution in [0.25, 0.3) is 0 Å². The molecule has 0 radical (unpaired) electrons. The summed E-state index contributed by atoms with van der Waals surface area (Å²) < 4.78 is 5.11. The van der Waals surface area contributed by atoms with Crippen molar-refractivity contribution >= 4 is 0 Å². The van der Waals surface area contributed by atoms with Crippen LogP contribution in [0.3, 0.4) is 0 Å². The third-order valence-corrected chi connectivity index (χ3v) is 2.76. The van der Waals surface area contributed by atoms with Gasteiger partial charge in [-0.05, 0) is 32.7 Å². The van der Waals surface area contributed by atoms with Crippen LogP contribution in [-0.4, -0.2) is 11.7 Å². The molecule has 0 aromatic carbocycles. The fourth-order valence-electron chi connectivity index (χ4n) is 1.79. The lowest BCUT2D eigenvalue weighted by Gasteiger charge is -2.10. The van der Waals surface area contributed by atoms with E-state index in [1.165, 1.54) is 18.4 Å².